The van der Waals surface area contributed by atoms with Gasteiger partial charge in [0.1, 0.15) is 0 Å². The van der Waals surface area contributed by atoms with Gasteiger partial charge < -0.3 is 5.32 Å². The van der Waals surface area contributed by atoms with Crippen LogP contribution in [0.25, 0.3) is 22.2 Å². The van der Waals surface area contributed by atoms with E-state index in [2.05, 4.69) is 16.5 Å². The minimum absolute atomic E-state index is 0.200. The van der Waals surface area contributed by atoms with Crippen LogP contribution in [0.5, 0.6) is 0 Å². The molecule has 0 aliphatic carbocycles. The van der Waals surface area contributed by atoms with Crippen LogP contribution in [0, 0.1) is 32.1 Å². The lowest BCUT2D eigenvalue weighted by Gasteiger charge is -2.12. The van der Waals surface area contributed by atoms with Crippen molar-refractivity contribution < 1.29 is 4.79 Å². The Kier molecular flexibility index (Phi) is 6.05. The first-order valence-corrected chi connectivity index (χ1v) is 11.7. The number of nitrogens with zero attached hydrogens (tertiary/aromatic N) is 4. The van der Waals surface area contributed by atoms with Crippen LogP contribution in [-0.4, -0.2) is 20.7 Å². The third-order valence-electron chi connectivity index (χ3n) is 6.31. The second-order valence-electron chi connectivity index (χ2n) is 8.91. The highest BCUT2D eigenvalue weighted by Gasteiger charge is 2.19. The number of aryl methyl sites for hydroxylation is 2. The van der Waals surface area contributed by atoms with E-state index >= 15 is 0 Å². The summed E-state index contributed by atoms with van der Waals surface area (Å²) in [6, 6.07) is 27.3. The lowest BCUT2D eigenvalue weighted by Crippen LogP contribution is -2.14. The fourth-order valence-electron chi connectivity index (χ4n) is 4.35. The number of carbonyl (C=O) groups excluding carboxylic acids is 1. The van der Waals surface area contributed by atoms with E-state index in [-0.39, 0.29) is 5.91 Å². The topological polar surface area (TPSA) is 83.6 Å². The molecule has 3 aromatic carbocycles. The first-order valence-electron chi connectivity index (χ1n) is 11.7. The van der Waals surface area contributed by atoms with Crippen molar-refractivity contribution in [2.45, 2.75) is 27.3 Å². The van der Waals surface area contributed by atoms with Gasteiger partial charge in [-0.25, -0.2) is 4.98 Å². The molecule has 176 valence electrons. The van der Waals surface area contributed by atoms with Crippen LogP contribution in [0.15, 0.2) is 78.9 Å². The number of fused-ring (bicyclic) bond motifs is 1. The maximum atomic E-state index is 13.7. The van der Waals surface area contributed by atoms with E-state index in [0.717, 1.165) is 44.7 Å². The summed E-state index contributed by atoms with van der Waals surface area (Å²) in [5.74, 6) is -0.200. The first-order chi connectivity index (χ1) is 17.4. The fourth-order valence-corrected chi connectivity index (χ4v) is 4.35. The summed E-state index contributed by atoms with van der Waals surface area (Å²) in [4.78, 5) is 18.5. The van der Waals surface area contributed by atoms with Gasteiger partial charge in [-0.15, -0.1) is 0 Å². The average molecular weight is 472 g/mol. The predicted octanol–water partition coefficient (Wildman–Crippen LogP) is 6.20. The quantitative estimate of drug-likeness (QED) is 0.331. The summed E-state index contributed by atoms with van der Waals surface area (Å²) in [6.45, 7) is 6.39. The normalized spacial score (nSPS) is 10.8. The summed E-state index contributed by atoms with van der Waals surface area (Å²) in [5.41, 5.74) is 8.07. The van der Waals surface area contributed by atoms with Gasteiger partial charge in [0.2, 0.25) is 0 Å². The molecule has 0 aliphatic rings. The van der Waals surface area contributed by atoms with Gasteiger partial charge in [0.25, 0.3) is 5.91 Å². The lowest BCUT2D eigenvalue weighted by atomic mass is 10.0. The summed E-state index contributed by atoms with van der Waals surface area (Å²) in [5, 5.41) is 17.6. The van der Waals surface area contributed by atoms with Crippen molar-refractivity contribution in [3.8, 4) is 17.3 Å². The number of benzene rings is 3. The zero-order chi connectivity index (χ0) is 25.2. The van der Waals surface area contributed by atoms with Gasteiger partial charge in [-0.3, -0.25) is 9.48 Å². The lowest BCUT2D eigenvalue weighted by molar-refractivity contribution is 0.102. The third-order valence-corrected chi connectivity index (χ3v) is 6.31. The van der Waals surface area contributed by atoms with E-state index < -0.39 is 0 Å². The average Bonchev–Trinajstić information content (AvgIpc) is 3.16. The minimum atomic E-state index is -0.200. The van der Waals surface area contributed by atoms with Crippen molar-refractivity contribution in [3.05, 3.63) is 113 Å². The van der Waals surface area contributed by atoms with Crippen molar-refractivity contribution in [1.29, 1.82) is 5.26 Å². The number of rotatable bonds is 5. The van der Waals surface area contributed by atoms with E-state index in [1.165, 1.54) is 0 Å². The number of nitrogens with one attached hydrogen (secondary N) is 1. The van der Waals surface area contributed by atoms with Crippen molar-refractivity contribution in [3.63, 3.8) is 0 Å². The standard InChI is InChI=1S/C30H25N5O/c1-19-9-14-27-25(15-19)26(16-28(32-27)24-7-5-4-6-8-24)30(36)33-29-20(2)34-35(21(29)3)18-23-12-10-22(17-31)11-13-23/h4-16H,18H2,1-3H3,(H,33,36). The van der Waals surface area contributed by atoms with Gasteiger partial charge >= 0.3 is 0 Å². The van der Waals surface area contributed by atoms with E-state index in [1.807, 2.05) is 92.2 Å². The summed E-state index contributed by atoms with van der Waals surface area (Å²) in [7, 11) is 0. The molecule has 36 heavy (non-hydrogen) atoms. The number of amides is 1. The van der Waals surface area contributed by atoms with E-state index in [1.54, 1.807) is 12.1 Å². The Labute approximate surface area is 209 Å². The molecule has 0 atom stereocenters. The number of pyridine rings is 1. The van der Waals surface area contributed by atoms with Crippen LogP contribution < -0.4 is 5.32 Å². The molecule has 5 aromatic rings. The summed E-state index contributed by atoms with van der Waals surface area (Å²) >= 11 is 0. The Morgan fingerprint density at radius 1 is 0.972 bits per heavy atom. The van der Waals surface area contributed by atoms with Crippen LogP contribution >= 0.6 is 0 Å². The van der Waals surface area contributed by atoms with Crippen molar-refractivity contribution in [1.82, 2.24) is 14.8 Å². The number of carbonyl (C=O) groups is 1. The van der Waals surface area contributed by atoms with Crippen LogP contribution in [0.2, 0.25) is 0 Å². The summed E-state index contributed by atoms with van der Waals surface area (Å²) in [6.07, 6.45) is 0. The summed E-state index contributed by atoms with van der Waals surface area (Å²) < 4.78 is 1.87. The number of hydrogen-bond acceptors (Lipinski definition) is 4. The number of anilines is 1. The molecule has 0 saturated heterocycles. The SMILES string of the molecule is Cc1ccc2nc(-c3ccccc3)cc(C(=O)Nc3c(C)nn(Cc4ccc(C#N)cc4)c3C)c2c1. The Balaban J connectivity index is 1.50. The Morgan fingerprint density at radius 2 is 1.72 bits per heavy atom. The van der Waals surface area contributed by atoms with Crippen LogP contribution in [0.4, 0.5) is 5.69 Å². The molecule has 0 radical (unpaired) electrons. The maximum Gasteiger partial charge on any atom is 0.256 e. The van der Waals surface area contributed by atoms with E-state index in [0.29, 0.717) is 23.4 Å². The van der Waals surface area contributed by atoms with Crippen molar-refractivity contribution in [2.24, 2.45) is 0 Å². The highest BCUT2D eigenvalue weighted by Crippen LogP contribution is 2.28. The molecule has 0 unspecified atom stereocenters. The molecule has 2 heterocycles. The van der Waals surface area contributed by atoms with E-state index in [4.69, 9.17) is 10.2 Å². The zero-order valence-electron chi connectivity index (χ0n) is 20.4. The minimum Gasteiger partial charge on any atom is -0.319 e. The smallest absolute Gasteiger partial charge is 0.256 e. The highest BCUT2D eigenvalue weighted by molar-refractivity contribution is 6.13. The van der Waals surface area contributed by atoms with Crippen molar-refractivity contribution in [2.75, 3.05) is 5.32 Å². The first kappa shape index (κ1) is 23.0. The van der Waals surface area contributed by atoms with Crippen LogP contribution in [0.1, 0.15) is 38.4 Å². The van der Waals surface area contributed by atoms with E-state index in [9.17, 15) is 4.79 Å². The fraction of sp³-hybridized carbons (Fsp3) is 0.133. The number of nitriles is 1. The van der Waals surface area contributed by atoms with Crippen LogP contribution in [0.3, 0.4) is 0 Å². The molecule has 1 amide bonds. The second kappa shape index (κ2) is 9.47. The number of aromatic nitrogens is 3. The van der Waals surface area contributed by atoms with Gasteiger partial charge in [0, 0.05) is 10.9 Å². The molecule has 0 spiro atoms. The van der Waals surface area contributed by atoms with Gasteiger partial charge in [0.15, 0.2) is 0 Å². The monoisotopic (exact) mass is 471 g/mol. The molecule has 1 N–H and O–H groups in total. The zero-order valence-corrected chi connectivity index (χ0v) is 20.4. The molecular weight excluding hydrogens is 446 g/mol. The van der Waals surface area contributed by atoms with Gasteiger partial charge in [-0.1, -0.05) is 54.1 Å². The molecular formula is C30H25N5O. The Bertz CT molecular complexity index is 1630. The second-order valence-corrected chi connectivity index (χ2v) is 8.91. The van der Waals surface area contributed by atoms with Gasteiger partial charge in [0.05, 0.1) is 52.0 Å². The third kappa shape index (κ3) is 4.47. The maximum absolute atomic E-state index is 13.7. The highest BCUT2D eigenvalue weighted by atomic mass is 16.1. The molecule has 6 heteroatoms. The van der Waals surface area contributed by atoms with Crippen LogP contribution in [-0.2, 0) is 6.54 Å². The molecule has 5 rings (SSSR count). The Morgan fingerprint density at radius 3 is 2.44 bits per heavy atom. The van der Waals surface area contributed by atoms with Gasteiger partial charge in [-0.05, 0) is 56.7 Å². The Hall–Kier alpha value is -4.76. The number of hydrogen-bond donors (Lipinski definition) is 1. The van der Waals surface area contributed by atoms with Gasteiger partial charge in [-0.2, -0.15) is 10.4 Å². The van der Waals surface area contributed by atoms with Crippen molar-refractivity contribution >= 4 is 22.5 Å². The molecule has 0 saturated carbocycles. The molecule has 2 aromatic heterocycles. The molecule has 0 fully saturated rings. The molecule has 6 nitrogen and oxygen atoms in total. The largest absolute Gasteiger partial charge is 0.319 e. The molecule has 0 aliphatic heterocycles. The predicted molar refractivity (Wildman–Crippen MR) is 142 cm³/mol. The molecule has 0 bridgehead atoms.